The fourth-order valence-electron chi connectivity index (χ4n) is 4.55. The molecule has 1 amide bonds. The standard InChI is InChI=1S/C20H30N4O4S/c1-29(26,27)17-14-21-20(24-9-3-2-4-10-24)22-18(17)15-7-11-23(12-8-15)19(25)16-6-5-13-28-16/h14-16H,2-13H2,1H3/t16-/m1/s1. The number of carbonyl (C=O) groups is 1. The van der Waals surface area contributed by atoms with Crippen LogP contribution in [0.4, 0.5) is 5.95 Å². The van der Waals surface area contributed by atoms with Gasteiger partial charge in [0, 0.05) is 45.0 Å². The van der Waals surface area contributed by atoms with E-state index in [4.69, 9.17) is 9.72 Å². The van der Waals surface area contributed by atoms with Gasteiger partial charge in [-0.2, -0.15) is 0 Å². The highest BCUT2D eigenvalue weighted by Gasteiger charge is 2.33. The van der Waals surface area contributed by atoms with Crippen LogP contribution in [0.15, 0.2) is 11.1 Å². The van der Waals surface area contributed by atoms with Gasteiger partial charge in [0.15, 0.2) is 9.84 Å². The van der Waals surface area contributed by atoms with Crippen molar-refractivity contribution in [3.8, 4) is 0 Å². The lowest BCUT2D eigenvalue weighted by Crippen LogP contribution is -2.43. The van der Waals surface area contributed by atoms with Crippen LogP contribution >= 0.6 is 0 Å². The molecular formula is C20H30N4O4S. The van der Waals surface area contributed by atoms with Crippen LogP contribution < -0.4 is 4.90 Å². The molecule has 0 spiro atoms. The number of sulfone groups is 1. The maximum Gasteiger partial charge on any atom is 0.251 e. The van der Waals surface area contributed by atoms with E-state index >= 15 is 0 Å². The number of hydrogen-bond donors (Lipinski definition) is 0. The van der Waals surface area contributed by atoms with Crippen molar-refractivity contribution in [1.29, 1.82) is 0 Å². The van der Waals surface area contributed by atoms with E-state index in [9.17, 15) is 13.2 Å². The van der Waals surface area contributed by atoms with Gasteiger partial charge in [0.2, 0.25) is 5.95 Å². The summed E-state index contributed by atoms with van der Waals surface area (Å²) in [5, 5.41) is 0. The first kappa shape index (κ1) is 20.5. The summed E-state index contributed by atoms with van der Waals surface area (Å²) < 4.78 is 30.2. The van der Waals surface area contributed by atoms with Crippen LogP contribution in [0.5, 0.6) is 0 Å². The summed E-state index contributed by atoms with van der Waals surface area (Å²) in [4.78, 5) is 26.0. The van der Waals surface area contributed by atoms with Gasteiger partial charge in [0.25, 0.3) is 5.91 Å². The molecule has 0 radical (unpaired) electrons. The molecule has 4 heterocycles. The van der Waals surface area contributed by atoms with Gasteiger partial charge in [-0.25, -0.2) is 18.4 Å². The molecule has 9 heteroatoms. The number of amides is 1. The number of hydrogen-bond acceptors (Lipinski definition) is 7. The van der Waals surface area contributed by atoms with Gasteiger partial charge in [-0.3, -0.25) is 4.79 Å². The number of anilines is 1. The van der Waals surface area contributed by atoms with Crippen LogP contribution in [-0.4, -0.2) is 74.3 Å². The molecule has 3 fully saturated rings. The molecule has 0 saturated carbocycles. The molecule has 3 saturated heterocycles. The molecule has 1 atom stereocenters. The lowest BCUT2D eigenvalue weighted by atomic mass is 9.93. The van der Waals surface area contributed by atoms with Crippen LogP contribution in [0.25, 0.3) is 0 Å². The van der Waals surface area contributed by atoms with Crippen molar-refractivity contribution in [3.63, 3.8) is 0 Å². The van der Waals surface area contributed by atoms with Crippen LogP contribution in [-0.2, 0) is 19.4 Å². The molecule has 8 nitrogen and oxygen atoms in total. The minimum atomic E-state index is -3.42. The Labute approximate surface area is 172 Å². The Morgan fingerprint density at radius 3 is 2.41 bits per heavy atom. The number of likely N-dealkylation sites (tertiary alicyclic amines) is 1. The lowest BCUT2D eigenvalue weighted by molar-refractivity contribution is -0.142. The third-order valence-corrected chi connectivity index (χ3v) is 7.32. The third-order valence-electron chi connectivity index (χ3n) is 6.21. The molecule has 3 aliphatic heterocycles. The molecule has 29 heavy (non-hydrogen) atoms. The number of piperidine rings is 2. The molecule has 0 unspecified atom stereocenters. The summed E-state index contributed by atoms with van der Waals surface area (Å²) in [5.41, 5.74) is 0.618. The second kappa shape index (κ2) is 8.55. The highest BCUT2D eigenvalue weighted by Crippen LogP contribution is 2.33. The largest absolute Gasteiger partial charge is 0.368 e. The average Bonchev–Trinajstić information content (AvgIpc) is 3.28. The van der Waals surface area contributed by atoms with E-state index in [0.717, 1.165) is 38.8 Å². The maximum atomic E-state index is 12.6. The molecule has 1 aromatic heterocycles. The molecule has 160 valence electrons. The van der Waals surface area contributed by atoms with E-state index in [1.165, 1.54) is 18.9 Å². The predicted molar refractivity (Wildman–Crippen MR) is 109 cm³/mol. The number of nitrogens with zero attached hydrogens (tertiary/aromatic N) is 4. The number of carbonyl (C=O) groups excluding carboxylic acids is 1. The Kier molecular flexibility index (Phi) is 6.06. The molecule has 4 rings (SSSR count). The smallest absolute Gasteiger partial charge is 0.251 e. The van der Waals surface area contributed by atoms with Crippen molar-refractivity contribution in [1.82, 2.24) is 14.9 Å². The van der Waals surface area contributed by atoms with Crippen molar-refractivity contribution in [2.45, 2.75) is 61.9 Å². The fraction of sp³-hybridized carbons (Fsp3) is 0.750. The molecule has 0 bridgehead atoms. The molecule has 1 aromatic rings. The first-order valence-corrected chi connectivity index (χ1v) is 12.5. The number of rotatable bonds is 4. The van der Waals surface area contributed by atoms with Gasteiger partial charge in [-0.1, -0.05) is 0 Å². The second-order valence-corrected chi connectivity index (χ2v) is 10.3. The zero-order valence-corrected chi connectivity index (χ0v) is 17.9. The first-order chi connectivity index (χ1) is 13.9. The van der Waals surface area contributed by atoms with Gasteiger partial charge < -0.3 is 14.5 Å². The van der Waals surface area contributed by atoms with E-state index in [1.807, 2.05) is 4.90 Å². The summed E-state index contributed by atoms with van der Waals surface area (Å²) >= 11 is 0. The number of aromatic nitrogens is 2. The Bertz CT molecular complexity index is 840. The summed E-state index contributed by atoms with van der Waals surface area (Å²) in [6.07, 6.45) is 8.95. The molecule has 0 aliphatic carbocycles. The summed E-state index contributed by atoms with van der Waals surface area (Å²) in [7, 11) is -3.42. The third kappa shape index (κ3) is 4.55. The SMILES string of the molecule is CS(=O)(=O)c1cnc(N2CCCCC2)nc1C1CCN(C(=O)[C@H]2CCCO2)CC1. The topological polar surface area (TPSA) is 92.7 Å². The Balaban J connectivity index is 1.52. The van der Waals surface area contributed by atoms with Crippen molar-refractivity contribution < 1.29 is 17.9 Å². The van der Waals surface area contributed by atoms with E-state index in [2.05, 4.69) is 9.88 Å². The summed E-state index contributed by atoms with van der Waals surface area (Å²) in [6, 6.07) is 0. The first-order valence-electron chi connectivity index (χ1n) is 10.7. The van der Waals surface area contributed by atoms with Crippen molar-refractivity contribution in [2.24, 2.45) is 0 Å². The zero-order chi connectivity index (χ0) is 20.4. The van der Waals surface area contributed by atoms with Crippen molar-refractivity contribution in [2.75, 3.05) is 43.9 Å². The summed E-state index contributed by atoms with van der Waals surface area (Å²) in [5.74, 6) is 0.714. The average molecular weight is 423 g/mol. The predicted octanol–water partition coefficient (Wildman–Crippen LogP) is 1.76. The van der Waals surface area contributed by atoms with Gasteiger partial charge >= 0.3 is 0 Å². The maximum absolute atomic E-state index is 12.6. The summed E-state index contributed by atoms with van der Waals surface area (Å²) in [6.45, 7) is 3.69. The number of ether oxygens (including phenoxy) is 1. The van der Waals surface area contributed by atoms with Crippen LogP contribution in [0, 0.1) is 0 Å². The Morgan fingerprint density at radius 2 is 1.79 bits per heavy atom. The quantitative estimate of drug-likeness (QED) is 0.730. The van der Waals surface area contributed by atoms with Crippen molar-refractivity contribution in [3.05, 3.63) is 11.9 Å². The fourth-order valence-corrected chi connectivity index (χ4v) is 5.38. The van der Waals surface area contributed by atoms with Crippen LogP contribution in [0.3, 0.4) is 0 Å². The normalized spacial score (nSPS) is 24.1. The lowest BCUT2D eigenvalue weighted by Gasteiger charge is -2.34. The monoisotopic (exact) mass is 422 g/mol. The molecule has 3 aliphatic rings. The Hall–Kier alpha value is -1.74. The second-order valence-electron chi connectivity index (χ2n) is 8.34. The van der Waals surface area contributed by atoms with E-state index in [-0.39, 0.29) is 22.8 Å². The van der Waals surface area contributed by atoms with Crippen molar-refractivity contribution >= 4 is 21.7 Å². The Morgan fingerprint density at radius 1 is 1.07 bits per heavy atom. The van der Waals surface area contributed by atoms with Gasteiger partial charge in [-0.05, 0) is 44.9 Å². The molecule has 0 aromatic carbocycles. The van der Waals surface area contributed by atoms with Gasteiger partial charge in [0.05, 0.1) is 11.9 Å². The minimum absolute atomic E-state index is 0.0137. The van der Waals surface area contributed by atoms with Gasteiger partial charge in [-0.15, -0.1) is 0 Å². The molecular weight excluding hydrogens is 392 g/mol. The van der Waals surface area contributed by atoms with E-state index < -0.39 is 9.84 Å². The van der Waals surface area contributed by atoms with Crippen LogP contribution in [0.2, 0.25) is 0 Å². The minimum Gasteiger partial charge on any atom is -0.368 e. The van der Waals surface area contributed by atoms with E-state index in [1.54, 1.807) is 0 Å². The molecule has 0 N–H and O–H groups in total. The highest BCUT2D eigenvalue weighted by atomic mass is 32.2. The van der Waals surface area contributed by atoms with E-state index in [0.29, 0.717) is 44.2 Å². The highest BCUT2D eigenvalue weighted by molar-refractivity contribution is 7.90. The zero-order valence-electron chi connectivity index (χ0n) is 17.0. The van der Waals surface area contributed by atoms with Gasteiger partial charge in [0.1, 0.15) is 11.0 Å². The van der Waals surface area contributed by atoms with Crippen LogP contribution in [0.1, 0.15) is 56.6 Å².